The molecule has 5 nitrogen and oxygen atoms in total. The summed E-state index contributed by atoms with van der Waals surface area (Å²) in [7, 11) is 0. The molecule has 21 heavy (non-hydrogen) atoms. The first-order chi connectivity index (χ1) is 10.1. The molecular weight excluding hydrogens is 292 g/mol. The Labute approximate surface area is 129 Å². The minimum Gasteiger partial charge on any atom is -0.478 e. The van der Waals surface area contributed by atoms with Crippen molar-refractivity contribution in [3.63, 3.8) is 0 Å². The molecule has 0 aromatic heterocycles. The Morgan fingerprint density at radius 1 is 1.38 bits per heavy atom. The van der Waals surface area contributed by atoms with E-state index in [9.17, 15) is 9.90 Å². The number of carboxylic acids is 1. The molecule has 0 amide bonds. The maximum absolute atomic E-state index is 11.2. The van der Waals surface area contributed by atoms with Gasteiger partial charge in [0.25, 0.3) is 0 Å². The first-order valence-electron chi connectivity index (χ1n) is 7.25. The third-order valence-corrected chi connectivity index (χ3v) is 3.95. The summed E-state index contributed by atoms with van der Waals surface area (Å²) >= 11 is 6.06. The van der Waals surface area contributed by atoms with E-state index in [2.05, 4.69) is 5.32 Å². The summed E-state index contributed by atoms with van der Waals surface area (Å²) in [5.74, 6) is -1.06. The van der Waals surface area contributed by atoms with E-state index in [4.69, 9.17) is 22.1 Å². The molecule has 6 heteroatoms. The molecule has 2 rings (SSSR count). The second kappa shape index (κ2) is 7.52. The van der Waals surface area contributed by atoms with Crippen molar-refractivity contribution in [1.29, 1.82) is 0 Å². The zero-order chi connectivity index (χ0) is 15.2. The second-order valence-electron chi connectivity index (χ2n) is 5.29. The van der Waals surface area contributed by atoms with Gasteiger partial charge in [-0.05, 0) is 25.0 Å². The van der Waals surface area contributed by atoms with Crippen molar-refractivity contribution >= 4 is 28.9 Å². The summed E-state index contributed by atoms with van der Waals surface area (Å²) in [4.78, 5) is 11.2. The number of halogens is 1. The number of nitrogens with two attached hydrogens (primary N) is 1. The maximum atomic E-state index is 11.2. The highest BCUT2D eigenvalue weighted by molar-refractivity contribution is 6.34. The molecule has 1 aliphatic carbocycles. The molecule has 1 aliphatic rings. The van der Waals surface area contributed by atoms with E-state index in [-0.39, 0.29) is 5.56 Å². The van der Waals surface area contributed by atoms with E-state index >= 15 is 0 Å². The Kier molecular flexibility index (Phi) is 5.70. The average Bonchev–Trinajstić information content (AvgIpc) is 2.45. The zero-order valence-electron chi connectivity index (χ0n) is 11.9. The number of aromatic carboxylic acids is 1. The highest BCUT2D eigenvalue weighted by Crippen LogP contribution is 2.29. The Balaban J connectivity index is 1.89. The summed E-state index contributed by atoms with van der Waals surface area (Å²) < 4.78 is 5.79. The largest absolute Gasteiger partial charge is 0.478 e. The monoisotopic (exact) mass is 312 g/mol. The SMILES string of the molecule is Nc1cc(Cl)c(NCCOC2CCCCC2)c(C(=O)O)c1. The van der Waals surface area contributed by atoms with Crippen molar-refractivity contribution < 1.29 is 14.6 Å². The number of nitrogens with one attached hydrogen (secondary N) is 1. The maximum Gasteiger partial charge on any atom is 0.337 e. The highest BCUT2D eigenvalue weighted by atomic mass is 35.5. The van der Waals surface area contributed by atoms with Gasteiger partial charge in [-0.1, -0.05) is 30.9 Å². The zero-order valence-corrected chi connectivity index (χ0v) is 12.7. The second-order valence-corrected chi connectivity index (χ2v) is 5.70. The van der Waals surface area contributed by atoms with E-state index in [1.165, 1.54) is 25.3 Å². The van der Waals surface area contributed by atoms with Gasteiger partial charge >= 0.3 is 5.97 Å². The van der Waals surface area contributed by atoms with E-state index in [0.717, 1.165) is 12.8 Å². The molecule has 1 aromatic carbocycles. The van der Waals surface area contributed by atoms with Gasteiger partial charge in [-0.3, -0.25) is 0 Å². The quantitative estimate of drug-likeness (QED) is 0.554. The Morgan fingerprint density at radius 2 is 2.10 bits per heavy atom. The van der Waals surface area contributed by atoms with E-state index in [0.29, 0.717) is 35.7 Å². The van der Waals surface area contributed by atoms with Crippen LogP contribution in [-0.2, 0) is 4.74 Å². The van der Waals surface area contributed by atoms with Gasteiger partial charge in [0.15, 0.2) is 0 Å². The van der Waals surface area contributed by atoms with Crippen molar-refractivity contribution in [3.8, 4) is 0 Å². The smallest absolute Gasteiger partial charge is 0.337 e. The molecule has 0 radical (unpaired) electrons. The number of hydrogen-bond acceptors (Lipinski definition) is 4. The van der Waals surface area contributed by atoms with E-state index in [1.807, 2.05) is 0 Å². The number of rotatable bonds is 6. The van der Waals surface area contributed by atoms with Crippen molar-refractivity contribution in [1.82, 2.24) is 0 Å². The van der Waals surface area contributed by atoms with Crippen LogP contribution in [-0.4, -0.2) is 30.3 Å². The predicted molar refractivity (Wildman–Crippen MR) is 84.1 cm³/mol. The van der Waals surface area contributed by atoms with Crippen molar-refractivity contribution in [2.75, 3.05) is 24.2 Å². The predicted octanol–water partition coefficient (Wildman–Crippen LogP) is 3.38. The van der Waals surface area contributed by atoms with Gasteiger partial charge < -0.3 is 20.9 Å². The Bertz CT molecular complexity index is 502. The third kappa shape index (κ3) is 4.51. The number of carbonyl (C=O) groups is 1. The third-order valence-electron chi connectivity index (χ3n) is 3.65. The lowest BCUT2D eigenvalue weighted by molar-refractivity contribution is 0.0347. The first-order valence-corrected chi connectivity index (χ1v) is 7.63. The molecule has 1 aromatic rings. The van der Waals surface area contributed by atoms with Gasteiger partial charge in [-0.25, -0.2) is 4.79 Å². The van der Waals surface area contributed by atoms with Crippen LogP contribution in [0.1, 0.15) is 42.5 Å². The molecule has 1 saturated carbocycles. The van der Waals surface area contributed by atoms with Gasteiger partial charge in [0, 0.05) is 12.2 Å². The van der Waals surface area contributed by atoms with E-state index < -0.39 is 5.97 Å². The van der Waals surface area contributed by atoms with Gasteiger partial charge in [-0.15, -0.1) is 0 Å². The molecule has 4 N–H and O–H groups in total. The summed E-state index contributed by atoms with van der Waals surface area (Å²) in [5, 5.41) is 12.5. The lowest BCUT2D eigenvalue weighted by atomic mass is 9.98. The summed E-state index contributed by atoms with van der Waals surface area (Å²) in [6, 6.07) is 2.94. The fourth-order valence-corrected chi connectivity index (χ4v) is 2.90. The molecule has 0 atom stereocenters. The number of anilines is 2. The average molecular weight is 313 g/mol. The fraction of sp³-hybridized carbons (Fsp3) is 0.533. The summed E-state index contributed by atoms with van der Waals surface area (Å²) in [5.41, 5.74) is 6.43. The summed E-state index contributed by atoms with van der Waals surface area (Å²) in [6.45, 7) is 1.05. The highest BCUT2D eigenvalue weighted by Gasteiger charge is 2.16. The van der Waals surface area contributed by atoms with Crippen LogP contribution in [0, 0.1) is 0 Å². The Morgan fingerprint density at radius 3 is 2.76 bits per heavy atom. The number of nitrogen functional groups attached to an aromatic ring is 1. The number of benzene rings is 1. The normalized spacial score (nSPS) is 15.9. The number of carboxylic acid groups (broad SMARTS) is 1. The minimum atomic E-state index is -1.06. The van der Waals surface area contributed by atoms with Gasteiger partial charge in [-0.2, -0.15) is 0 Å². The lowest BCUT2D eigenvalue weighted by Crippen LogP contribution is -2.21. The van der Waals surface area contributed by atoms with Crippen LogP contribution >= 0.6 is 11.6 Å². The molecule has 0 bridgehead atoms. The molecule has 1 fully saturated rings. The van der Waals surface area contributed by atoms with Crippen LogP contribution in [0.15, 0.2) is 12.1 Å². The van der Waals surface area contributed by atoms with Crippen LogP contribution in [0.3, 0.4) is 0 Å². The number of hydrogen-bond donors (Lipinski definition) is 3. The molecular formula is C15H21ClN2O3. The number of ether oxygens (including phenoxy) is 1. The molecule has 0 aliphatic heterocycles. The van der Waals surface area contributed by atoms with Crippen LogP contribution in [0.5, 0.6) is 0 Å². The van der Waals surface area contributed by atoms with Crippen molar-refractivity contribution in [3.05, 3.63) is 22.7 Å². The molecule has 0 heterocycles. The van der Waals surface area contributed by atoms with E-state index in [1.54, 1.807) is 6.07 Å². The molecule has 116 valence electrons. The van der Waals surface area contributed by atoms with Crippen molar-refractivity contribution in [2.24, 2.45) is 0 Å². The summed E-state index contributed by atoms with van der Waals surface area (Å²) in [6.07, 6.45) is 6.31. The lowest BCUT2D eigenvalue weighted by Gasteiger charge is -2.22. The minimum absolute atomic E-state index is 0.0812. The van der Waals surface area contributed by atoms with Crippen LogP contribution in [0.2, 0.25) is 5.02 Å². The Hall–Kier alpha value is -1.46. The van der Waals surface area contributed by atoms with Crippen LogP contribution in [0.4, 0.5) is 11.4 Å². The van der Waals surface area contributed by atoms with Gasteiger partial charge in [0.1, 0.15) is 0 Å². The standard InChI is InChI=1S/C15H21ClN2O3/c16-13-9-10(17)8-12(15(19)20)14(13)18-6-7-21-11-4-2-1-3-5-11/h8-9,11,18H,1-7,17H2,(H,19,20). The fourth-order valence-electron chi connectivity index (χ4n) is 2.61. The molecule has 0 saturated heterocycles. The van der Waals surface area contributed by atoms with Gasteiger partial charge in [0.05, 0.1) is 29.0 Å². The van der Waals surface area contributed by atoms with Crippen molar-refractivity contribution in [2.45, 2.75) is 38.2 Å². The first kappa shape index (κ1) is 15.9. The molecule has 0 unspecified atom stereocenters. The van der Waals surface area contributed by atoms with Gasteiger partial charge in [0.2, 0.25) is 0 Å². The molecule has 0 spiro atoms. The topological polar surface area (TPSA) is 84.6 Å². The van der Waals surface area contributed by atoms with Crippen LogP contribution in [0.25, 0.3) is 0 Å². The van der Waals surface area contributed by atoms with Crippen LogP contribution < -0.4 is 11.1 Å².